The molecule has 6 nitrogen and oxygen atoms in total. The van der Waals surface area contributed by atoms with Gasteiger partial charge in [-0.2, -0.15) is 4.98 Å². The molecule has 26 heavy (non-hydrogen) atoms. The topological polar surface area (TPSA) is 68.8 Å². The first-order chi connectivity index (χ1) is 12.8. The van der Waals surface area contributed by atoms with Gasteiger partial charge in [0.2, 0.25) is 5.89 Å². The number of para-hydroxylation sites is 2. The molecule has 1 N–H and O–H groups in total. The molecule has 0 saturated heterocycles. The maximum atomic E-state index is 5.21. The van der Waals surface area contributed by atoms with Gasteiger partial charge in [0, 0.05) is 13.5 Å². The van der Waals surface area contributed by atoms with Gasteiger partial charge in [-0.05, 0) is 17.7 Å². The molecule has 4 aromatic rings. The molecule has 0 radical (unpaired) electrons. The fourth-order valence-electron chi connectivity index (χ4n) is 3.12. The molecule has 0 amide bonds. The summed E-state index contributed by atoms with van der Waals surface area (Å²) >= 11 is 0. The average molecular weight is 347 g/mol. The fourth-order valence-corrected chi connectivity index (χ4v) is 3.12. The van der Waals surface area contributed by atoms with Crippen LogP contribution in [0.2, 0.25) is 0 Å². The van der Waals surface area contributed by atoms with Crippen LogP contribution in [0.3, 0.4) is 0 Å². The Balaban J connectivity index is 1.69. The van der Waals surface area contributed by atoms with Gasteiger partial charge in [0.15, 0.2) is 5.82 Å². The number of fused-ring (bicyclic) bond motifs is 1. The zero-order valence-corrected chi connectivity index (χ0v) is 14.9. The molecule has 0 spiro atoms. The van der Waals surface area contributed by atoms with Crippen LogP contribution >= 0.6 is 0 Å². The standard InChI is InChI=1S/C20H21N5O/c1-3-18-23-17(24-26-18)13-21-19(14-9-5-4-6-10-14)20-22-15-11-7-8-12-16(15)25(20)2/h4-12,19,21H,3,13H2,1-2H3. The van der Waals surface area contributed by atoms with E-state index >= 15 is 0 Å². The van der Waals surface area contributed by atoms with E-state index in [0.717, 1.165) is 28.8 Å². The molecule has 132 valence electrons. The predicted octanol–water partition coefficient (Wildman–Crippen LogP) is 3.40. The van der Waals surface area contributed by atoms with Crippen molar-refractivity contribution in [3.8, 4) is 0 Å². The summed E-state index contributed by atoms with van der Waals surface area (Å²) in [4.78, 5) is 9.24. The van der Waals surface area contributed by atoms with E-state index in [1.165, 1.54) is 0 Å². The lowest BCUT2D eigenvalue weighted by Crippen LogP contribution is -2.25. The quantitative estimate of drug-likeness (QED) is 0.579. The van der Waals surface area contributed by atoms with Crippen LogP contribution in [0.15, 0.2) is 59.1 Å². The van der Waals surface area contributed by atoms with Crippen LogP contribution < -0.4 is 5.32 Å². The van der Waals surface area contributed by atoms with E-state index in [0.29, 0.717) is 18.3 Å². The van der Waals surface area contributed by atoms with Crippen molar-refractivity contribution < 1.29 is 4.52 Å². The van der Waals surface area contributed by atoms with Crippen LogP contribution in [0.5, 0.6) is 0 Å². The Morgan fingerprint density at radius 2 is 1.81 bits per heavy atom. The molecule has 2 heterocycles. The minimum absolute atomic E-state index is 0.0721. The molecule has 0 aliphatic heterocycles. The SMILES string of the molecule is CCc1nc(CNC(c2ccccc2)c2nc3ccccc3n2C)no1. The molecular formula is C20H21N5O. The van der Waals surface area contributed by atoms with Crippen molar-refractivity contribution in [3.05, 3.63) is 77.7 Å². The zero-order valence-electron chi connectivity index (χ0n) is 14.9. The van der Waals surface area contributed by atoms with E-state index in [1.807, 2.05) is 50.4 Å². The van der Waals surface area contributed by atoms with Crippen LogP contribution in [0.25, 0.3) is 11.0 Å². The number of imidazole rings is 1. The van der Waals surface area contributed by atoms with Gasteiger partial charge in [-0.25, -0.2) is 4.98 Å². The van der Waals surface area contributed by atoms with Crippen LogP contribution in [-0.4, -0.2) is 19.7 Å². The van der Waals surface area contributed by atoms with Crippen LogP contribution in [0, 0.1) is 0 Å². The Labute approximate surface area is 151 Å². The largest absolute Gasteiger partial charge is 0.339 e. The Bertz CT molecular complexity index is 1010. The van der Waals surface area contributed by atoms with Crippen LogP contribution in [0.1, 0.15) is 36.1 Å². The van der Waals surface area contributed by atoms with Crippen molar-refractivity contribution in [2.75, 3.05) is 0 Å². The van der Waals surface area contributed by atoms with Crippen molar-refractivity contribution in [1.82, 2.24) is 25.0 Å². The maximum absolute atomic E-state index is 5.21. The Hall–Kier alpha value is -2.99. The molecule has 0 saturated carbocycles. The van der Waals surface area contributed by atoms with E-state index in [1.54, 1.807) is 0 Å². The highest BCUT2D eigenvalue weighted by Gasteiger charge is 2.21. The number of nitrogens with zero attached hydrogens (tertiary/aromatic N) is 4. The summed E-state index contributed by atoms with van der Waals surface area (Å²) in [5, 5.41) is 7.58. The predicted molar refractivity (Wildman–Crippen MR) is 99.5 cm³/mol. The van der Waals surface area contributed by atoms with E-state index in [2.05, 4.69) is 38.2 Å². The highest BCUT2D eigenvalue weighted by Crippen LogP contribution is 2.25. The van der Waals surface area contributed by atoms with Crippen molar-refractivity contribution in [3.63, 3.8) is 0 Å². The lowest BCUT2D eigenvalue weighted by Gasteiger charge is -2.18. The number of rotatable bonds is 6. The van der Waals surface area contributed by atoms with Crippen molar-refractivity contribution >= 4 is 11.0 Å². The molecule has 1 unspecified atom stereocenters. The van der Waals surface area contributed by atoms with Gasteiger partial charge < -0.3 is 9.09 Å². The molecule has 6 heteroatoms. The van der Waals surface area contributed by atoms with Crippen molar-refractivity contribution in [1.29, 1.82) is 0 Å². The van der Waals surface area contributed by atoms with Crippen molar-refractivity contribution in [2.45, 2.75) is 25.9 Å². The molecule has 1 atom stereocenters. The van der Waals surface area contributed by atoms with Crippen LogP contribution in [-0.2, 0) is 20.0 Å². The molecular weight excluding hydrogens is 326 g/mol. The Morgan fingerprint density at radius 3 is 2.54 bits per heavy atom. The number of nitrogens with one attached hydrogen (secondary N) is 1. The second kappa shape index (κ2) is 7.09. The minimum Gasteiger partial charge on any atom is -0.339 e. The molecule has 0 aliphatic carbocycles. The lowest BCUT2D eigenvalue weighted by atomic mass is 10.1. The van der Waals surface area contributed by atoms with E-state index in [4.69, 9.17) is 9.51 Å². The second-order valence-corrected chi connectivity index (χ2v) is 6.20. The molecule has 2 aromatic heterocycles. The van der Waals surface area contributed by atoms with Gasteiger partial charge >= 0.3 is 0 Å². The summed E-state index contributed by atoms with van der Waals surface area (Å²) in [6, 6.07) is 18.4. The van der Waals surface area contributed by atoms with Gasteiger partial charge in [0.25, 0.3) is 0 Å². The fraction of sp³-hybridized carbons (Fsp3) is 0.250. The third-order valence-electron chi connectivity index (χ3n) is 4.49. The monoisotopic (exact) mass is 347 g/mol. The molecule has 0 aliphatic rings. The van der Waals surface area contributed by atoms with Gasteiger partial charge in [0.05, 0.1) is 23.6 Å². The third kappa shape index (κ3) is 3.11. The number of hydrogen-bond acceptors (Lipinski definition) is 5. The third-order valence-corrected chi connectivity index (χ3v) is 4.49. The first-order valence-corrected chi connectivity index (χ1v) is 8.77. The average Bonchev–Trinajstić information content (AvgIpc) is 3.28. The number of hydrogen-bond donors (Lipinski definition) is 1. The number of aryl methyl sites for hydroxylation is 2. The maximum Gasteiger partial charge on any atom is 0.226 e. The smallest absolute Gasteiger partial charge is 0.226 e. The Morgan fingerprint density at radius 1 is 1.04 bits per heavy atom. The van der Waals surface area contributed by atoms with E-state index in [9.17, 15) is 0 Å². The highest BCUT2D eigenvalue weighted by molar-refractivity contribution is 5.76. The van der Waals surface area contributed by atoms with Gasteiger partial charge in [0.1, 0.15) is 5.82 Å². The molecule has 2 aromatic carbocycles. The molecule has 0 fully saturated rings. The highest BCUT2D eigenvalue weighted by atomic mass is 16.5. The lowest BCUT2D eigenvalue weighted by molar-refractivity contribution is 0.374. The summed E-state index contributed by atoms with van der Waals surface area (Å²) in [7, 11) is 2.05. The summed E-state index contributed by atoms with van der Waals surface area (Å²) in [5.41, 5.74) is 3.24. The number of benzene rings is 2. The second-order valence-electron chi connectivity index (χ2n) is 6.20. The van der Waals surface area contributed by atoms with E-state index in [-0.39, 0.29) is 6.04 Å². The van der Waals surface area contributed by atoms with E-state index < -0.39 is 0 Å². The van der Waals surface area contributed by atoms with Crippen LogP contribution in [0.4, 0.5) is 0 Å². The summed E-state index contributed by atoms with van der Waals surface area (Å²) in [5.74, 6) is 2.26. The van der Waals surface area contributed by atoms with Crippen molar-refractivity contribution in [2.24, 2.45) is 7.05 Å². The minimum atomic E-state index is -0.0721. The number of aromatic nitrogens is 4. The normalized spacial score (nSPS) is 12.5. The van der Waals surface area contributed by atoms with Gasteiger partial charge in [-0.3, -0.25) is 5.32 Å². The summed E-state index contributed by atoms with van der Waals surface area (Å²) in [6.07, 6.45) is 0.736. The zero-order chi connectivity index (χ0) is 17.9. The van der Waals surface area contributed by atoms with Gasteiger partial charge in [-0.15, -0.1) is 0 Å². The molecule has 0 bridgehead atoms. The first kappa shape index (κ1) is 16.5. The summed E-state index contributed by atoms with van der Waals surface area (Å²) < 4.78 is 7.34. The van der Waals surface area contributed by atoms with Gasteiger partial charge in [-0.1, -0.05) is 54.5 Å². The molecule has 4 rings (SSSR count). The Kier molecular flexibility index (Phi) is 4.50. The summed E-state index contributed by atoms with van der Waals surface area (Å²) in [6.45, 7) is 2.50. The first-order valence-electron chi connectivity index (χ1n) is 8.77.